The normalized spacial score (nSPS) is 15.8. The maximum Gasteiger partial charge on any atom is 0.184 e. The molecule has 2 N–H and O–H groups in total. The van der Waals surface area contributed by atoms with Crippen LogP contribution in [-0.2, 0) is 16.4 Å². The van der Waals surface area contributed by atoms with Gasteiger partial charge in [-0.15, -0.1) is 0 Å². The molecule has 164 valence electrons. The molecule has 0 fully saturated rings. The van der Waals surface area contributed by atoms with Gasteiger partial charge in [-0.2, -0.15) is 0 Å². The van der Waals surface area contributed by atoms with Crippen LogP contribution in [0.5, 0.6) is 5.75 Å². The van der Waals surface area contributed by atoms with E-state index >= 15 is 0 Å². The minimum absolute atomic E-state index is 0.000955. The number of hydrogen-bond acceptors (Lipinski definition) is 4. The van der Waals surface area contributed by atoms with Crippen LogP contribution >= 0.6 is 0 Å². The number of hydrogen-bond donors (Lipinski definition) is 2. The van der Waals surface area contributed by atoms with E-state index in [1.165, 1.54) is 0 Å². The third kappa shape index (κ3) is 4.09. The fraction of sp³-hybridized carbons (Fsp3) is 0.360. The summed E-state index contributed by atoms with van der Waals surface area (Å²) in [5.41, 5.74) is 5.19. The number of phenols is 1. The van der Waals surface area contributed by atoms with Crippen LogP contribution in [0.25, 0.3) is 16.6 Å². The molecule has 1 aliphatic rings. The zero-order valence-corrected chi connectivity index (χ0v) is 19.4. The number of sulfone groups is 1. The van der Waals surface area contributed by atoms with E-state index < -0.39 is 9.84 Å². The molecule has 3 aromatic rings. The maximum atomic E-state index is 13.2. The molecule has 0 aliphatic carbocycles. The first-order chi connectivity index (χ1) is 14.7. The van der Waals surface area contributed by atoms with Crippen LogP contribution in [-0.4, -0.2) is 23.8 Å². The fourth-order valence-corrected chi connectivity index (χ4v) is 5.97. The molecule has 0 atom stereocenters. The second kappa shape index (κ2) is 8.08. The van der Waals surface area contributed by atoms with Gasteiger partial charge in [0.2, 0.25) is 0 Å². The first-order valence-corrected chi connectivity index (χ1v) is 12.5. The third-order valence-electron chi connectivity index (χ3n) is 5.96. The van der Waals surface area contributed by atoms with Crippen LogP contribution in [0.1, 0.15) is 44.7 Å². The summed E-state index contributed by atoms with van der Waals surface area (Å²) < 4.78 is 28.5. The van der Waals surface area contributed by atoms with Crippen LogP contribution in [0.2, 0.25) is 0 Å². The first kappa shape index (κ1) is 21.5. The van der Waals surface area contributed by atoms with E-state index in [1.807, 2.05) is 32.0 Å². The highest BCUT2D eigenvalue weighted by molar-refractivity contribution is 7.91. The maximum absolute atomic E-state index is 13.2. The zero-order valence-electron chi connectivity index (χ0n) is 18.6. The Kier molecular flexibility index (Phi) is 5.60. The van der Waals surface area contributed by atoms with Gasteiger partial charge in [-0.3, -0.25) is 0 Å². The van der Waals surface area contributed by atoms with Gasteiger partial charge in [-0.1, -0.05) is 26.8 Å². The number of aromatic hydroxyl groups is 1. The molecule has 2 aromatic carbocycles. The molecule has 0 amide bonds. The Morgan fingerprint density at radius 2 is 1.94 bits per heavy atom. The van der Waals surface area contributed by atoms with Crippen molar-refractivity contribution in [1.82, 2.24) is 4.57 Å². The van der Waals surface area contributed by atoms with Crippen molar-refractivity contribution in [2.75, 3.05) is 11.1 Å². The Morgan fingerprint density at radius 3 is 2.65 bits per heavy atom. The highest BCUT2D eigenvalue weighted by Crippen LogP contribution is 2.38. The van der Waals surface area contributed by atoms with Gasteiger partial charge in [0.25, 0.3) is 0 Å². The molecule has 0 saturated heterocycles. The molecular weight excluding hydrogens is 408 g/mol. The highest BCUT2D eigenvalue weighted by Gasteiger charge is 2.28. The summed E-state index contributed by atoms with van der Waals surface area (Å²) in [6.07, 6.45) is 3.74. The number of nitrogens with one attached hydrogen (secondary N) is 1. The highest BCUT2D eigenvalue weighted by atomic mass is 32.2. The van der Waals surface area contributed by atoms with Gasteiger partial charge in [0.1, 0.15) is 5.75 Å². The summed E-state index contributed by atoms with van der Waals surface area (Å²) in [5, 5.41) is 14.6. The van der Waals surface area contributed by atoms with Crippen LogP contribution in [0.4, 0.5) is 5.69 Å². The van der Waals surface area contributed by atoms with Crippen molar-refractivity contribution >= 4 is 32.1 Å². The van der Waals surface area contributed by atoms with Gasteiger partial charge in [0.05, 0.1) is 21.9 Å². The monoisotopic (exact) mass is 438 g/mol. The van der Waals surface area contributed by atoms with Crippen molar-refractivity contribution in [2.24, 2.45) is 5.92 Å². The molecule has 0 saturated carbocycles. The average molecular weight is 439 g/mol. The largest absolute Gasteiger partial charge is 0.508 e. The lowest BCUT2D eigenvalue weighted by atomic mass is 10.0. The number of aryl methyl sites for hydroxylation is 2. The molecule has 31 heavy (non-hydrogen) atoms. The van der Waals surface area contributed by atoms with Crippen molar-refractivity contribution in [3.05, 3.63) is 59.3 Å². The Morgan fingerprint density at radius 1 is 1.16 bits per heavy atom. The summed E-state index contributed by atoms with van der Waals surface area (Å²) >= 11 is 0. The van der Waals surface area contributed by atoms with E-state index in [2.05, 4.69) is 29.9 Å². The van der Waals surface area contributed by atoms with Gasteiger partial charge in [-0.05, 0) is 61.1 Å². The lowest BCUT2D eigenvalue weighted by molar-refractivity contribution is 0.475. The van der Waals surface area contributed by atoms with Crippen LogP contribution in [0.15, 0.2) is 53.1 Å². The summed E-state index contributed by atoms with van der Waals surface area (Å²) in [6.45, 7) is 9.12. The quantitative estimate of drug-likeness (QED) is 0.534. The standard InChI is InChI=1S/C25H30N2O3S/c1-5-18-15-31(29,30)24-12-17(4)6-9-22(24)26-25(18)21-14-27(11-10-16(2)3)23-13-19(28)7-8-20(21)23/h6-9,12-14,16,26,28H,5,10-11,15H2,1-4H3. The zero-order chi connectivity index (χ0) is 22.3. The molecular formula is C25H30N2O3S. The predicted molar refractivity (Wildman–Crippen MR) is 127 cm³/mol. The molecule has 4 rings (SSSR count). The van der Waals surface area contributed by atoms with E-state index in [4.69, 9.17) is 0 Å². The Bertz CT molecular complexity index is 1280. The van der Waals surface area contributed by atoms with Crippen molar-refractivity contribution in [2.45, 2.75) is 52.0 Å². The number of aromatic nitrogens is 1. The predicted octanol–water partition coefficient (Wildman–Crippen LogP) is 5.72. The third-order valence-corrected chi connectivity index (χ3v) is 7.70. The molecule has 0 unspecified atom stereocenters. The Labute approximate surface area is 184 Å². The summed E-state index contributed by atoms with van der Waals surface area (Å²) in [7, 11) is -3.45. The topological polar surface area (TPSA) is 71.3 Å². The van der Waals surface area contributed by atoms with Gasteiger partial charge in [-0.25, -0.2) is 8.42 Å². The number of rotatable bonds is 5. The summed E-state index contributed by atoms with van der Waals surface area (Å²) in [4.78, 5) is 0.356. The molecule has 6 heteroatoms. The number of anilines is 1. The molecule has 2 heterocycles. The fourth-order valence-electron chi connectivity index (χ4n) is 4.19. The molecule has 0 radical (unpaired) electrons. The number of fused-ring (bicyclic) bond motifs is 2. The summed E-state index contributed by atoms with van der Waals surface area (Å²) in [5.74, 6) is 0.781. The second-order valence-corrected chi connectivity index (χ2v) is 10.8. The second-order valence-electron chi connectivity index (χ2n) is 8.84. The number of benzene rings is 2. The Balaban J connectivity index is 1.93. The lowest BCUT2D eigenvalue weighted by Crippen LogP contribution is -2.08. The van der Waals surface area contributed by atoms with Gasteiger partial charge < -0.3 is 15.0 Å². The molecule has 1 aromatic heterocycles. The van der Waals surface area contributed by atoms with E-state index in [1.54, 1.807) is 18.2 Å². The summed E-state index contributed by atoms with van der Waals surface area (Å²) in [6, 6.07) is 10.9. The average Bonchev–Trinajstić information content (AvgIpc) is 3.01. The number of phenolic OH excluding ortho intramolecular Hbond substituents is 1. The van der Waals surface area contributed by atoms with Crippen molar-refractivity contribution in [1.29, 1.82) is 0 Å². The van der Waals surface area contributed by atoms with Crippen molar-refractivity contribution in [3.63, 3.8) is 0 Å². The van der Waals surface area contributed by atoms with E-state index in [0.717, 1.165) is 46.3 Å². The van der Waals surface area contributed by atoms with Crippen LogP contribution in [0, 0.1) is 12.8 Å². The smallest absolute Gasteiger partial charge is 0.184 e. The first-order valence-electron chi connectivity index (χ1n) is 10.8. The Hall–Kier alpha value is -2.73. The molecule has 0 bridgehead atoms. The SMILES string of the molecule is CCC1=C(c2cn(CCC(C)C)c3cc(O)ccc23)Nc2ccc(C)cc2S(=O)(=O)C1. The van der Waals surface area contributed by atoms with Crippen molar-refractivity contribution in [3.8, 4) is 5.75 Å². The van der Waals surface area contributed by atoms with Gasteiger partial charge >= 0.3 is 0 Å². The molecule has 1 aliphatic heterocycles. The van der Waals surface area contributed by atoms with Gasteiger partial charge in [0.15, 0.2) is 9.84 Å². The van der Waals surface area contributed by atoms with E-state index in [0.29, 0.717) is 22.9 Å². The van der Waals surface area contributed by atoms with E-state index in [9.17, 15) is 13.5 Å². The van der Waals surface area contributed by atoms with Crippen molar-refractivity contribution < 1.29 is 13.5 Å². The van der Waals surface area contributed by atoms with Crippen LogP contribution < -0.4 is 5.32 Å². The van der Waals surface area contributed by atoms with E-state index in [-0.39, 0.29) is 11.5 Å². The van der Waals surface area contributed by atoms with Gasteiger partial charge in [0, 0.05) is 35.5 Å². The molecule has 5 nitrogen and oxygen atoms in total. The minimum Gasteiger partial charge on any atom is -0.508 e. The lowest BCUT2D eigenvalue weighted by Gasteiger charge is -2.13. The number of nitrogens with zero attached hydrogens (tertiary/aromatic N) is 1. The minimum atomic E-state index is -3.45. The molecule has 0 spiro atoms. The van der Waals surface area contributed by atoms with Crippen LogP contribution in [0.3, 0.4) is 0 Å².